The third-order valence-corrected chi connectivity index (χ3v) is 4.37. The Morgan fingerprint density at radius 2 is 1.81 bits per heavy atom. The number of fused-ring (bicyclic) bond motifs is 1. The Bertz CT molecular complexity index is 1080. The van der Waals surface area contributed by atoms with Crippen LogP contribution in [0.1, 0.15) is 11.5 Å². The van der Waals surface area contributed by atoms with Gasteiger partial charge in [0.1, 0.15) is 18.1 Å². The summed E-state index contributed by atoms with van der Waals surface area (Å²) in [6.45, 7) is 2.19. The van der Waals surface area contributed by atoms with Gasteiger partial charge in [0.2, 0.25) is 5.88 Å². The minimum atomic E-state index is 0.317. The van der Waals surface area contributed by atoms with E-state index < -0.39 is 0 Å². The van der Waals surface area contributed by atoms with Crippen LogP contribution < -0.4 is 4.74 Å². The van der Waals surface area contributed by atoms with Crippen LogP contribution in [0.2, 0.25) is 5.02 Å². The van der Waals surface area contributed by atoms with Crippen LogP contribution in [0, 0.1) is 6.92 Å². The maximum Gasteiger partial charge on any atom is 0.236 e. The van der Waals surface area contributed by atoms with E-state index in [0.717, 1.165) is 33.8 Å². The fraction of sp³-hybridized carbons (Fsp3) is 0.150. The summed E-state index contributed by atoms with van der Waals surface area (Å²) in [5, 5.41) is 0.640. The molecule has 0 atom stereocenters. The molecule has 6 heteroatoms. The SMILES string of the molecule is Cc1nc2cc(Cl)ccc2nc1OCc1nc(-c2ccccc2)cn1C. The zero-order chi connectivity index (χ0) is 18.1. The lowest BCUT2D eigenvalue weighted by Crippen LogP contribution is -2.06. The molecule has 0 unspecified atom stereocenters. The molecule has 0 N–H and O–H groups in total. The molecular formula is C20H17ClN4O. The number of benzene rings is 2. The number of hydrogen-bond acceptors (Lipinski definition) is 4. The van der Waals surface area contributed by atoms with E-state index in [4.69, 9.17) is 16.3 Å². The quantitative estimate of drug-likeness (QED) is 0.532. The molecule has 2 aromatic heterocycles. The molecule has 130 valence electrons. The minimum absolute atomic E-state index is 0.317. The van der Waals surface area contributed by atoms with Gasteiger partial charge in [0.15, 0.2) is 0 Å². The van der Waals surface area contributed by atoms with Gasteiger partial charge in [-0.1, -0.05) is 41.9 Å². The zero-order valence-electron chi connectivity index (χ0n) is 14.5. The van der Waals surface area contributed by atoms with Crippen LogP contribution in [-0.2, 0) is 13.7 Å². The fourth-order valence-corrected chi connectivity index (χ4v) is 2.92. The van der Waals surface area contributed by atoms with E-state index in [2.05, 4.69) is 15.0 Å². The van der Waals surface area contributed by atoms with E-state index in [0.29, 0.717) is 17.5 Å². The first-order valence-corrected chi connectivity index (χ1v) is 8.62. The van der Waals surface area contributed by atoms with E-state index in [-0.39, 0.29) is 0 Å². The third kappa shape index (κ3) is 3.26. The molecule has 4 rings (SSSR count). The number of hydrogen-bond donors (Lipinski definition) is 0. The van der Waals surface area contributed by atoms with Crippen LogP contribution in [0.15, 0.2) is 54.7 Å². The summed E-state index contributed by atoms with van der Waals surface area (Å²) in [7, 11) is 1.96. The molecule has 0 amide bonds. The van der Waals surface area contributed by atoms with E-state index in [9.17, 15) is 0 Å². The van der Waals surface area contributed by atoms with Crippen LogP contribution in [0.3, 0.4) is 0 Å². The second-order valence-corrected chi connectivity index (χ2v) is 6.49. The van der Waals surface area contributed by atoms with Crippen molar-refractivity contribution in [1.29, 1.82) is 0 Å². The Balaban J connectivity index is 1.58. The van der Waals surface area contributed by atoms with Crippen molar-refractivity contribution in [2.24, 2.45) is 7.05 Å². The van der Waals surface area contributed by atoms with Crippen molar-refractivity contribution in [3.8, 4) is 17.1 Å². The second-order valence-electron chi connectivity index (χ2n) is 6.06. The molecule has 0 spiro atoms. The molecule has 2 aromatic carbocycles. The predicted molar refractivity (Wildman–Crippen MR) is 102 cm³/mol. The van der Waals surface area contributed by atoms with Crippen LogP contribution >= 0.6 is 11.6 Å². The van der Waals surface area contributed by atoms with Gasteiger partial charge in [-0.3, -0.25) is 0 Å². The van der Waals surface area contributed by atoms with Crippen molar-refractivity contribution in [1.82, 2.24) is 19.5 Å². The topological polar surface area (TPSA) is 52.8 Å². The number of halogens is 1. The summed E-state index contributed by atoms with van der Waals surface area (Å²) in [6, 6.07) is 15.5. The highest BCUT2D eigenvalue weighted by molar-refractivity contribution is 6.31. The van der Waals surface area contributed by atoms with E-state index >= 15 is 0 Å². The molecule has 0 aliphatic rings. The standard InChI is InChI=1S/C20H17ClN4O/c1-13-20(24-16-9-8-15(21)10-17(16)22-13)26-12-19-23-18(11-25(19)2)14-6-4-3-5-7-14/h3-11H,12H2,1-2H3. The van der Waals surface area contributed by atoms with E-state index in [1.165, 1.54) is 0 Å². The Morgan fingerprint density at radius 1 is 1.00 bits per heavy atom. The molecule has 0 fully saturated rings. The lowest BCUT2D eigenvalue weighted by Gasteiger charge is -2.09. The number of aromatic nitrogens is 4. The molecule has 0 radical (unpaired) electrons. The molecule has 4 aromatic rings. The molecule has 2 heterocycles. The summed E-state index contributed by atoms with van der Waals surface area (Å²) in [6.07, 6.45) is 1.99. The molecule has 0 saturated carbocycles. The van der Waals surface area contributed by atoms with Crippen molar-refractivity contribution in [3.63, 3.8) is 0 Å². The van der Waals surface area contributed by atoms with Crippen molar-refractivity contribution in [2.45, 2.75) is 13.5 Å². The van der Waals surface area contributed by atoms with Gasteiger partial charge in [0, 0.05) is 23.8 Å². The van der Waals surface area contributed by atoms with Crippen LogP contribution in [0.25, 0.3) is 22.3 Å². The Hall–Kier alpha value is -2.92. The van der Waals surface area contributed by atoms with Crippen molar-refractivity contribution in [2.75, 3.05) is 0 Å². The molecule has 0 saturated heterocycles. The monoisotopic (exact) mass is 364 g/mol. The lowest BCUT2D eigenvalue weighted by atomic mass is 10.2. The number of ether oxygens (including phenoxy) is 1. The Kier molecular flexibility index (Phi) is 4.31. The Morgan fingerprint density at radius 3 is 2.62 bits per heavy atom. The highest BCUT2D eigenvalue weighted by atomic mass is 35.5. The predicted octanol–water partition coefficient (Wildman–Crippen LogP) is 4.57. The van der Waals surface area contributed by atoms with Gasteiger partial charge >= 0.3 is 0 Å². The highest BCUT2D eigenvalue weighted by Crippen LogP contribution is 2.23. The van der Waals surface area contributed by atoms with Crippen molar-refractivity contribution >= 4 is 22.6 Å². The summed E-state index contributed by atoms with van der Waals surface area (Å²) in [5.74, 6) is 1.32. The largest absolute Gasteiger partial charge is 0.468 e. The molecular weight excluding hydrogens is 348 g/mol. The van der Waals surface area contributed by atoms with Gasteiger partial charge in [-0.25, -0.2) is 15.0 Å². The van der Waals surface area contributed by atoms with Gasteiger partial charge in [-0.05, 0) is 25.1 Å². The Labute approximate surface area is 156 Å². The van der Waals surface area contributed by atoms with Gasteiger partial charge < -0.3 is 9.30 Å². The summed E-state index contributed by atoms with van der Waals surface area (Å²) < 4.78 is 7.87. The van der Waals surface area contributed by atoms with Gasteiger partial charge in [-0.2, -0.15) is 0 Å². The highest BCUT2D eigenvalue weighted by Gasteiger charge is 2.11. The molecule has 26 heavy (non-hydrogen) atoms. The first-order chi connectivity index (χ1) is 12.6. The molecule has 0 aliphatic heterocycles. The van der Waals surface area contributed by atoms with Crippen molar-refractivity contribution in [3.05, 3.63) is 71.3 Å². The van der Waals surface area contributed by atoms with Crippen LogP contribution in [0.5, 0.6) is 5.88 Å². The number of aryl methyl sites for hydroxylation is 2. The average Bonchev–Trinajstić information content (AvgIpc) is 3.01. The normalized spacial score (nSPS) is 11.0. The maximum absolute atomic E-state index is 6.01. The van der Waals surface area contributed by atoms with Gasteiger partial charge in [-0.15, -0.1) is 0 Å². The number of rotatable bonds is 4. The number of imidazole rings is 1. The first kappa shape index (κ1) is 16.5. The maximum atomic E-state index is 6.01. The van der Waals surface area contributed by atoms with Crippen LogP contribution in [0.4, 0.5) is 0 Å². The summed E-state index contributed by atoms with van der Waals surface area (Å²) in [4.78, 5) is 13.7. The minimum Gasteiger partial charge on any atom is -0.468 e. The average molecular weight is 365 g/mol. The lowest BCUT2D eigenvalue weighted by molar-refractivity contribution is 0.278. The fourth-order valence-electron chi connectivity index (χ4n) is 2.76. The van der Waals surface area contributed by atoms with Gasteiger partial charge in [0.25, 0.3) is 0 Å². The molecule has 0 aliphatic carbocycles. The van der Waals surface area contributed by atoms with Crippen LogP contribution in [-0.4, -0.2) is 19.5 Å². The van der Waals surface area contributed by atoms with Crippen molar-refractivity contribution < 1.29 is 4.74 Å². The molecule has 0 bridgehead atoms. The summed E-state index contributed by atoms with van der Waals surface area (Å²) in [5.41, 5.74) is 4.22. The third-order valence-electron chi connectivity index (χ3n) is 4.14. The summed E-state index contributed by atoms with van der Waals surface area (Å²) >= 11 is 6.01. The number of nitrogens with zero attached hydrogens (tertiary/aromatic N) is 4. The second kappa shape index (κ2) is 6.77. The van der Waals surface area contributed by atoms with E-state index in [1.807, 2.05) is 61.1 Å². The van der Waals surface area contributed by atoms with Gasteiger partial charge in [0.05, 0.1) is 16.7 Å². The zero-order valence-corrected chi connectivity index (χ0v) is 15.2. The van der Waals surface area contributed by atoms with E-state index in [1.54, 1.807) is 12.1 Å². The molecule has 5 nitrogen and oxygen atoms in total. The smallest absolute Gasteiger partial charge is 0.236 e. The first-order valence-electron chi connectivity index (χ1n) is 8.24.